The van der Waals surface area contributed by atoms with Gasteiger partial charge in [0.25, 0.3) is 0 Å². The van der Waals surface area contributed by atoms with E-state index in [1.807, 2.05) is 18.9 Å². The number of aromatic nitrogens is 1. The lowest BCUT2D eigenvalue weighted by atomic mass is 10.1. The second-order valence-electron chi connectivity index (χ2n) is 4.68. The van der Waals surface area contributed by atoms with Crippen LogP contribution in [0.25, 0.3) is 0 Å². The molecule has 2 aromatic rings. The third-order valence-electron chi connectivity index (χ3n) is 3.04. The molecular formula is C15H18N2OS. The molecule has 0 N–H and O–H groups in total. The van der Waals surface area contributed by atoms with Crippen LogP contribution in [0, 0.1) is 13.8 Å². The Hall–Kier alpha value is -1.68. The number of anilines is 2. The highest BCUT2D eigenvalue weighted by Gasteiger charge is 2.14. The molecule has 0 aliphatic heterocycles. The van der Waals surface area contributed by atoms with E-state index in [1.54, 1.807) is 0 Å². The normalized spacial score (nSPS) is 10.5. The minimum atomic E-state index is 0.730. The standard InChI is InChI=1S/C15H18N2OS/c1-5-13-14(9-18)19-15(16-13)17(4)12-7-10(2)6-11(3)8-12/h6-9H,5H2,1-4H3. The number of hydrogen-bond acceptors (Lipinski definition) is 4. The minimum absolute atomic E-state index is 0.730. The molecule has 0 aliphatic rings. The van der Waals surface area contributed by atoms with Crippen LogP contribution in [0.15, 0.2) is 18.2 Å². The maximum atomic E-state index is 11.0. The molecule has 0 bridgehead atoms. The highest BCUT2D eigenvalue weighted by Crippen LogP contribution is 2.31. The van der Waals surface area contributed by atoms with Gasteiger partial charge in [0.2, 0.25) is 0 Å². The van der Waals surface area contributed by atoms with E-state index >= 15 is 0 Å². The van der Waals surface area contributed by atoms with Crippen LogP contribution in [0.2, 0.25) is 0 Å². The quantitative estimate of drug-likeness (QED) is 0.793. The molecule has 0 fully saturated rings. The second-order valence-corrected chi connectivity index (χ2v) is 5.69. The number of thiazole rings is 1. The van der Waals surface area contributed by atoms with Crippen molar-refractivity contribution in [2.24, 2.45) is 0 Å². The smallest absolute Gasteiger partial charge is 0.190 e. The van der Waals surface area contributed by atoms with Crippen molar-refractivity contribution in [3.8, 4) is 0 Å². The molecule has 0 amide bonds. The third kappa shape index (κ3) is 2.84. The average Bonchev–Trinajstić information content (AvgIpc) is 2.79. The maximum Gasteiger partial charge on any atom is 0.190 e. The Kier molecular flexibility index (Phi) is 4.00. The molecule has 1 heterocycles. The molecule has 1 aromatic heterocycles. The number of rotatable bonds is 4. The van der Waals surface area contributed by atoms with Crippen LogP contribution in [0.1, 0.15) is 33.4 Å². The van der Waals surface area contributed by atoms with E-state index in [4.69, 9.17) is 0 Å². The van der Waals surface area contributed by atoms with E-state index in [1.165, 1.54) is 22.5 Å². The van der Waals surface area contributed by atoms with Crippen LogP contribution < -0.4 is 4.90 Å². The Morgan fingerprint density at radius 3 is 2.37 bits per heavy atom. The second kappa shape index (κ2) is 5.53. The van der Waals surface area contributed by atoms with Gasteiger partial charge in [-0.05, 0) is 43.5 Å². The SMILES string of the molecule is CCc1nc(N(C)c2cc(C)cc(C)c2)sc1C=O. The zero-order valence-electron chi connectivity index (χ0n) is 11.7. The van der Waals surface area contributed by atoms with E-state index in [9.17, 15) is 4.79 Å². The van der Waals surface area contributed by atoms with Gasteiger partial charge in [0.15, 0.2) is 11.4 Å². The minimum Gasteiger partial charge on any atom is -0.321 e. The molecular weight excluding hydrogens is 256 g/mol. The summed E-state index contributed by atoms with van der Waals surface area (Å²) in [5.41, 5.74) is 4.44. The van der Waals surface area contributed by atoms with Crippen molar-refractivity contribution in [2.75, 3.05) is 11.9 Å². The van der Waals surface area contributed by atoms with Crippen molar-refractivity contribution >= 4 is 28.4 Å². The summed E-state index contributed by atoms with van der Waals surface area (Å²) in [5.74, 6) is 0. The zero-order chi connectivity index (χ0) is 14.0. The van der Waals surface area contributed by atoms with Gasteiger partial charge in [-0.1, -0.05) is 24.3 Å². The van der Waals surface area contributed by atoms with Gasteiger partial charge in [-0.25, -0.2) is 4.98 Å². The molecule has 3 nitrogen and oxygen atoms in total. The summed E-state index contributed by atoms with van der Waals surface area (Å²) in [6, 6.07) is 6.40. The van der Waals surface area contributed by atoms with Gasteiger partial charge in [0.1, 0.15) is 0 Å². The van der Waals surface area contributed by atoms with Crippen molar-refractivity contribution < 1.29 is 4.79 Å². The van der Waals surface area contributed by atoms with Crippen LogP contribution >= 0.6 is 11.3 Å². The lowest BCUT2D eigenvalue weighted by Gasteiger charge is -2.17. The topological polar surface area (TPSA) is 33.2 Å². The van der Waals surface area contributed by atoms with Crippen molar-refractivity contribution in [3.63, 3.8) is 0 Å². The number of aldehydes is 1. The number of hydrogen-bond donors (Lipinski definition) is 0. The number of nitrogens with zero attached hydrogens (tertiary/aromatic N) is 2. The predicted molar refractivity (Wildman–Crippen MR) is 80.9 cm³/mol. The first-order chi connectivity index (χ1) is 9.05. The first-order valence-corrected chi connectivity index (χ1v) is 7.13. The summed E-state index contributed by atoms with van der Waals surface area (Å²) < 4.78 is 0. The van der Waals surface area contributed by atoms with Crippen LogP contribution in [0.3, 0.4) is 0 Å². The van der Waals surface area contributed by atoms with E-state index < -0.39 is 0 Å². The molecule has 0 aliphatic carbocycles. The molecule has 0 unspecified atom stereocenters. The van der Waals surface area contributed by atoms with Crippen LogP contribution in [-0.4, -0.2) is 18.3 Å². The maximum absolute atomic E-state index is 11.0. The Morgan fingerprint density at radius 1 is 1.26 bits per heavy atom. The molecule has 1 aromatic carbocycles. The van der Waals surface area contributed by atoms with E-state index in [-0.39, 0.29) is 0 Å². The molecule has 2 rings (SSSR count). The first-order valence-electron chi connectivity index (χ1n) is 6.32. The van der Waals surface area contributed by atoms with Gasteiger partial charge >= 0.3 is 0 Å². The van der Waals surface area contributed by atoms with Gasteiger partial charge in [-0.3, -0.25) is 4.79 Å². The number of benzene rings is 1. The Morgan fingerprint density at radius 2 is 1.89 bits per heavy atom. The number of carbonyl (C=O) groups excluding carboxylic acids is 1. The zero-order valence-corrected chi connectivity index (χ0v) is 12.5. The van der Waals surface area contributed by atoms with Crippen LogP contribution in [0.4, 0.5) is 10.8 Å². The molecule has 100 valence electrons. The summed E-state index contributed by atoms with van der Waals surface area (Å²) in [5, 5.41) is 0.865. The van der Waals surface area contributed by atoms with Gasteiger partial charge in [-0.2, -0.15) is 0 Å². The van der Waals surface area contributed by atoms with Crippen molar-refractivity contribution in [1.82, 2.24) is 4.98 Å². The largest absolute Gasteiger partial charge is 0.321 e. The molecule has 0 atom stereocenters. The molecule has 0 spiro atoms. The lowest BCUT2D eigenvalue weighted by Crippen LogP contribution is -2.09. The molecule has 4 heteroatoms. The predicted octanol–water partition coefficient (Wildman–Crippen LogP) is 3.90. The fourth-order valence-corrected chi connectivity index (χ4v) is 3.04. The third-order valence-corrected chi connectivity index (χ3v) is 4.14. The number of aryl methyl sites for hydroxylation is 3. The summed E-state index contributed by atoms with van der Waals surface area (Å²) in [6.45, 7) is 6.18. The molecule has 0 saturated carbocycles. The van der Waals surface area contributed by atoms with Crippen LogP contribution in [0.5, 0.6) is 0 Å². The average molecular weight is 274 g/mol. The molecule has 0 radical (unpaired) electrons. The number of carbonyl (C=O) groups is 1. The first kappa shape index (κ1) is 13.7. The summed E-state index contributed by atoms with van der Waals surface area (Å²) in [6.07, 6.45) is 1.68. The van der Waals surface area contributed by atoms with Crippen molar-refractivity contribution in [1.29, 1.82) is 0 Å². The van der Waals surface area contributed by atoms with E-state index in [2.05, 4.69) is 37.0 Å². The molecule has 0 saturated heterocycles. The van der Waals surface area contributed by atoms with Gasteiger partial charge in [0, 0.05) is 12.7 Å². The van der Waals surface area contributed by atoms with Gasteiger partial charge in [-0.15, -0.1) is 0 Å². The lowest BCUT2D eigenvalue weighted by molar-refractivity contribution is 0.112. The fourth-order valence-electron chi connectivity index (χ4n) is 2.09. The fraction of sp³-hybridized carbons (Fsp3) is 0.333. The highest BCUT2D eigenvalue weighted by molar-refractivity contribution is 7.17. The van der Waals surface area contributed by atoms with E-state index in [0.29, 0.717) is 0 Å². The van der Waals surface area contributed by atoms with Crippen LogP contribution in [-0.2, 0) is 6.42 Å². The highest BCUT2D eigenvalue weighted by atomic mass is 32.1. The Bertz CT molecular complexity index is 584. The Labute approximate surface area is 117 Å². The van der Waals surface area contributed by atoms with Gasteiger partial charge in [0.05, 0.1) is 10.6 Å². The van der Waals surface area contributed by atoms with Crippen molar-refractivity contribution in [3.05, 3.63) is 39.9 Å². The Balaban J connectivity index is 2.40. The summed E-state index contributed by atoms with van der Waals surface area (Å²) in [7, 11) is 1.99. The van der Waals surface area contributed by atoms with Crippen molar-refractivity contribution in [2.45, 2.75) is 27.2 Å². The summed E-state index contributed by atoms with van der Waals surface area (Å²) in [4.78, 5) is 18.3. The monoisotopic (exact) mass is 274 g/mol. The van der Waals surface area contributed by atoms with E-state index in [0.717, 1.165) is 34.1 Å². The summed E-state index contributed by atoms with van der Waals surface area (Å²) >= 11 is 1.45. The van der Waals surface area contributed by atoms with Gasteiger partial charge < -0.3 is 4.90 Å². The molecule has 19 heavy (non-hydrogen) atoms.